The van der Waals surface area contributed by atoms with Gasteiger partial charge in [-0.25, -0.2) is 0 Å². The van der Waals surface area contributed by atoms with Crippen molar-refractivity contribution in [3.8, 4) is 0 Å². The first kappa shape index (κ1) is 6.05. The van der Waals surface area contributed by atoms with Gasteiger partial charge in [0, 0.05) is 11.9 Å². The van der Waals surface area contributed by atoms with Gasteiger partial charge >= 0.3 is 0 Å². The molecule has 1 aliphatic heterocycles. The Morgan fingerprint density at radius 1 is 1.75 bits per heavy atom. The summed E-state index contributed by atoms with van der Waals surface area (Å²) < 4.78 is 0. The van der Waals surface area contributed by atoms with E-state index in [0.29, 0.717) is 0 Å². The SMILES string of the molecule is O=C[C@@H]1CC(Cl)CN1. The highest BCUT2D eigenvalue weighted by Gasteiger charge is 2.20. The van der Waals surface area contributed by atoms with E-state index in [1.807, 2.05) is 0 Å². The third-order valence-corrected chi connectivity index (χ3v) is 1.61. The van der Waals surface area contributed by atoms with Crippen molar-refractivity contribution in [3.05, 3.63) is 0 Å². The molecular formula is C5H8ClNO. The van der Waals surface area contributed by atoms with Gasteiger partial charge in [-0.15, -0.1) is 11.6 Å². The van der Waals surface area contributed by atoms with Gasteiger partial charge in [-0.05, 0) is 6.42 Å². The minimum absolute atomic E-state index is 0.0116. The molecule has 1 rings (SSSR count). The smallest absolute Gasteiger partial charge is 0.136 e. The standard InChI is InChI=1S/C5H8ClNO/c6-4-1-5(3-8)7-2-4/h3-5,7H,1-2H2/t4?,5-/m0/s1. The van der Waals surface area contributed by atoms with E-state index in [9.17, 15) is 4.79 Å². The third kappa shape index (κ3) is 1.20. The van der Waals surface area contributed by atoms with Crippen LogP contribution in [0.15, 0.2) is 0 Å². The van der Waals surface area contributed by atoms with Gasteiger partial charge < -0.3 is 10.1 Å². The van der Waals surface area contributed by atoms with Gasteiger partial charge in [0.2, 0.25) is 0 Å². The van der Waals surface area contributed by atoms with Gasteiger partial charge in [-0.2, -0.15) is 0 Å². The first-order valence-electron chi connectivity index (χ1n) is 2.65. The molecule has 1 aliphatic rings. The number of carbonyl (C=O) groups is 1. The Hall–Kier alpha value is -0.0800. The van der Waals surface area contributed by atoms with Gasteiger partial charge in [-0.1, -0.05) is 0 Å². The number of rotatable bonds is 1. The normalized spacial score (nSPS) is 37.6. The van der Waals surface area contributed by atoms with Crippen molar-refractivity contribution in [1.29, 1.82) is 0 Å². The quantitative estimate of drug-likeness (QED) is 0.408. The first-order chi connectivity index (χ1) is 3.83. The summed E-state index contributed by atoms with van der Waals surface area (Å²) in [7, 11) is 0. The minimum atomic E-state index is 0.0116. The minimum Gasteiger partial charge on any atom is -0.306 e. The van der Waals surface area contributed by atoms with Crippen molar-refractivity contribution < 1.29 is 4.79 Å². The second-order valence-electron chi connectivity index (χ2n) is 1.98. The van der Waals surface area contributed by atoms with Crippen molar-refractivity contribution >= 4 is 17.9 Å². The number of nitrogens with one attached hydrogen (secondary N) is 1. The Kier molecular flexibility index (Phi) is 1.86. The number of halogens is 1. The summed E-state index contributed by atoms with van der Waals surface area (Å²) in [6.07, 6.45) is 1.69. The van der Waals surface area contributed by atoms with Gasteiger partial charge in [0.05, 0.1) is 6.04 Å². The number of hydrogen-bond acceptors (Lipinski definition) is 2. The van der Waals surface area contributed by atoms with E-state index in [2.05, 4.69) is 5.32 Å². The lowest BCUT2D eigenvalue weighted by Gasteiger charge is -1.94. The number of alkyl halides is 1. The predicted octanol–water partition coefficient (Wildman–Crippen LogP) is 0.155. The van der Waals surface area contributed by atoms with Crippen LogP contribution in [-0.4, -0.2) is 24.2 Å². The fourth-order valence-electron chi connectivity index (χ4n) is 0.825. The van der Waals surface area contributed by atoms with Crippen molar-refractivity contribution in [3.63, 3.8) is 0 Å². The van der Waals surface area contributed by atoms with Crippen molar-refractivity contribution in [2.75, 3.05) is 6.54 Å². The van der Waals surface area contributed by atoms with Crippen LogP contribution in [0.25, 0.3) is 0 Å². The molecule has 2 nitrogen and oxygen atoms in total. The van der Waals surface area contributed by atoms with Crippen LogP contribution in [0.5, 0.6) is 0 Å². The average molecular weight is 134 g/mol. The van der Waals surface area contributed by atoms with Crippen LogP contribution < -0.4 is 5.32 Å². The van der Waals surface area contributed by atoms with Gasteiger partial charge in [0.15, 0.2) is 0 Å². The first-order valence-corrected chi connectivity index (χ1v) is 3.09. The highest BCUT2D eigenvalue weighted by atomic mass is 35.5. The second kappa shape index (κ2) is 2.46. The molecule has 0 saturated carbocycles. The average Bonchev–Trinajstić information content (AvgIpc) is 2.14. The molecule has 0 aliphatic carbocycles. The van der Waals surface area contributed by atoms with Crippen molar-refractivity contribution in [2.45, 2.75) is 17.8 Å². The summed E-state index contributed by atoms with van der Waals surface area (Å²) in [6, 6.07) is 0.0116. The van der Waals surface area contributed by atoms with Crippen LogP contribution >= 0.6 is 11.6 Å². The number of carbonyl (C=O) groups excluding carboxylic acids is 1. The molecule has 1 N–H and O–H groups in total. The molecule has 1 unspecified atom stereocenters. The molecule has 0 bridgehead atoms. The van der Waals surface area contributed by atoms with Gasteiger partial charge in [0.25, 0.3) is 0 Å². The van der Waals surface area contributed by atoms with Gasteiger partial charge in [0.1, 0.15) is 6.29 Å². The number of aldehydes is 1. The molecule has 0 amide bonds. The summed E-state index contributed by atoms with van der Waals surface area (Å²) in [5, 5.41) is 3.11. The molecule has 1 saturated heterocycles. The van der Waals surface area contributed by atoms with Crippen LogP contribution in [0.3, 0.4) is 0 Å². The van der Waals surface area contributed by atoms with Gasteiger partial charge in [-0.3, -0.25) is 0 Å². The van der Waals surface area contributed by atoms with E-state index < -0.39 is 0 Å². The third-order valence-electron chi connectivity index (χ3n) is 1.28. The Bertz CT molecular complexity index is 96.4. The topological polar surface area (TPSA) is 29.1 Å². The Balaban J connectivity index is 2.32. The molecular weight excluding hydrogens is 126 g/mol. The lowest BCUT2D eigenvalue weighted by molar-refractivity contribution is -0.109. The Morgan fingerprint density at radius 2 is 2.50 bits per heavy atom. The summed E-state index contributed by atoms with van der Waals surface area (Å²) in [4.78, 5) is 10.0. The molecule has 2 atom stereocenters. The van der Waals surface area contributed by atoms with Crippen molar-refractivity contribution in [2.24, 2.45) is 0 Å². The highest BCUT2D eigenvalue weighted by molar-refractivity contribution is 6.21. The molecule has 0 radical (unpaired) electrons. The van der Waals surface area contributed by atoms with E-state index in [-0.39, 0.29) is 11.4 Å². The van der Waals surface area contributed by atoms with E-state index in [1.54, 1.807) is 0 Å². The summed E-state index contributed by atoms with van der Waals surface area (Å²) in [6.45, 7) is 0.769. The summed E-state index contributed by atoms with van der Waals surface area (Å²) in [5.74, 6) is 0. The molecule has 8 heavy (non-hydrogen) atoms. The van der Waals surface area contributed by atoms with E-state index >= 15 is 0 Å². The zero-order valence-electron chi connectivity index (χ0n) is 4.43. The Morgan fingerprint density at radius 3 is 2.75 bits per heavy atom. The van der Waals surface area contributed by atoms with Crippen molar-refractivity contribution in [1.82, 2.24) is 5.32 Å². The number of hydrogen-bond donors (Lipinski definition) is 1. The molecule has 46 valence electrons. The lowest BCUT2D eigenvalue weighted by atomic mass is 10.2. The molecule has 1 heterocycles. The monoisotopic (exact) mass is 133 g/mol. The lowest BCUT2D eigenvalue weighted by Crippen LogP contribution is -2.22. The molecule has 0 aromatic rings. The molecule has 0 aromatic heterocycles. The fourth-order valence-corrected chi connectivity index (χ4v) is 1.11. The van der Waals surface area contributed by atoms with E-state index in [1.165, 1.54) is 0 Å². The van der Waals surface area contributed by atoms with E-state index in [4.69, 9.17) is 11.6 Å². The summed E-state index contributed by atoms with van der Waals surface area (Å²) >= 11 is 5.66. The molecule has 0 aromatic carbocycles. The largest absolute Gasteiger partial charge is 0.306 e. The zero-order valence-corrected chi connectivity index (χ0v) is 5.19. The Labute approximate surface area is 53.2 Å². The zero-order chi connectivity index (χ0) is 5.98. The maximum absolute atomic E-state index is 10.0. The molecule has 1 fully saturated rings. The fraction of sp³-hybridized carbons (Fsp3) is 0.800. The van der Waals surface area contributed by atoms with Crippen LogP contribution in [0, 0.1) is 0 Å². The highest BCUT2D eigenvalue weighted by Crippen LogP contribution is 2.09. The van der Waals surface area contributed by atoms with E-state index in [0.717, 1.165) is 19.3 Å². The van der Waals surface area contributed by atoms with Crippen LogP contribution in [0.2, 0.25) is 0 Å². The van der Waals surface area contributed by atoms with Crippen LogP contribution in [0.1, 0.15) is 6.42 Å². The predicted molar refractivity (Wildman–Crippen MR) is 32.1 cm³/mol. The maximum Gasteiger partial charge on any atom is 0.136 e. The molecule has 3 heteroatoms. The van der Waals surface area contributed by atoms with Crippen LogP contribution in [-0.2, 0) is 4.79 Å². The van der Waals surface area contributed by atoms with Crippen LogP contribution in [0.4, 0.5) is 0 Å². The molecule has 0 spiro atoms. The second-order valence-corrected chi connectivity index (χ2v) is 2.60. The maximum atomic E-state index is 10.0. The summed E-state index contributed by atoms with van der Waals surface area (Å²) in [5.41, 5.74) is 0.